The van der Waals surface area contributed by atoms with Crippen molar-refractivity contribution in [3.63, 3.8) is 0 Å². The Bertz CT molecular complexity index is 508. The minimum Gasteiger partial charge on any atom is -0.481 e. The van der Waals surface area contributed by atoms with E-state index in [0.29, 0.717) is 19.5 Å². The van der Waals surface area contributed by atoms with Crippen molar-refractivity contribution in [2.24, 2.45) is 17.8 Å². The van der Waals surface area contributed by atoms with Gasteiger partial charge in [0.15, 0.2) is 0 Å². The molecule has 2 aliphatic carbocycles. The number of piperidine rings is 1. The van der Waals surface area contributed by atoms with E-state index in [9.17, 15) is 19.5 Å². The molecule has 0 aromatic heterocycles. The molecule has 25 heavy (non-hydrogen) atoms. The fraction of sp³-hybridized carbons (Fsp3) is 0.842. The molecule has 6 nitrogen and oxygen atoms in total. The van der Waals surface area contributed by atoms with Crippen molar-refractivity contribution in [3.05, 3.63) is 0 Å². The van der Waals surface area contributed by atoms with Crippen molar-refractivity contribution in [3.8, 4) is 0 Å². The third-order valence-corrected chi connectivity index (χ3v) is 6.23. The summed E-state index contributed by atoms with van der Waals surface area (Å²) in [5, 5.41) is 12.4. The highest BCUT2D eigenvalue weighted by atomic mass is 16.4. The molecule has 1 saturated heterocycles. The number of nitrogens with zero attached hydrogens (tertiary/aromatic N) is 1. The van der Waals surface area contributed by atoms with Gasteiger partial charge in [0.1, 0.15) is 0 Å². The van der Waals surface area contributed by atoms with Crippen LogP contribution in [0.15, 0.2) is 0 Å². The van der Waals surface area contributed by atoms with Crippen LogP contribution in [0.1, 0.15) is 64.2 Å². The van der Waals surface area contributed by atoms with Gasteiger partial charge in [-0.05, 0) is 51.4 Å². The Morgan fingerprint density at radius 2 is 1.44 bits per heavy atom. The fourth-order valence-corrected chi connectivity index (χ4v) is 4.63. The van der Waals surface area contributed by atoms with Crippen LogP contribution in [-0.2, 0) is 14.4 Å². The van der Waals surface area contributed by atoms with E-state index in [1.165, 1.54) is 0 Å². The van der Waals surface area contributed by atoms with E-state index in [2.05, 4.69) is 5.32 Å². The summed E-state index contributed by atoms with van der Waals surface area (Å²) in [5.74, 6) is -0.706. The van der Waals surface area contributed by atoms with E-state index >= 15 is 0 Å². The fourth-order valence-electron chi connectivity index (χ4n) is 4.63. The number of aliphatic carboxylic acids is 1. The molecular weight excluding hydrogens is 320 g/mol. The van der Waals surface area contributed by atoms with Gasteiger partial charge in [0.25, 0.3) is 0 Å². The molecule has 140 valence electrons. The van der Waals surface area contributed by atoms with Crippen LogP contribution in [0.4, 0.5) is 0 Å². The Kier molecular flexibility index (Phi) is 5.97. The Hall–Kier alpha value is -1.59. The smallest absolute Gasteiger partial charge is 0.308 e. The molecule has 1 atom stereocenters. The maximum atomic E-state index is 12.7. The van der Waals surface area contributed by atoms with Gasteiger partial charge < -0.3 is 15.3 Å². The van der Waals surface area contributed by atoms with Crippen LogP contribution >= 0.6 is 0 Å². The zero-order valence-electron chi connectivity index (χ0n) is 14.9. The third kappa shape index (κ3) is 4.53. The summed E-state index contributed by atoms with van der Waals surface area (Å²) < 4.78 is 0. The number of carbonyl (C=O) groups excluding carboxylic acids is 2. The number of rotatable bonds is 4. The summed E-state index contributed by atoms with van der Waals surface area (Å²) >= 11 is 0. The molecule has 3 aliphatic rings. The summed E-state index contributed by atoms with van der Waals surface area (Å²) in [5.41, 5.74) is 0. The van der Waals surface area contributed by atoms with Crippen molar-refractivity contribution >= 4 is 17.8 Å². The van der Waals surface area contributed by atoms with Crippen molar-refractivity contribution < 1.29 is 19.5 Å². The average molecular weight is 350 g/mol. The molecule has 2 amide bonds. The highest BCUT2D eigenvalue weighted by Gasteiger charge is 2.34. The lowest BCUT2D eigenvalue weighted by molar-refractivity contribution is -0.147. The Balaban J connectivity index is 1.44. The lowest BCUT2D eigenvalue weighted by Gasteiger charge is -2.36. The second-order valence-corrected chi connectivity index (χ2v) is 8.00. The SMILES string of the molecule is O=C(O)C1CCCN(C(=O)C2CCC(NC(=O)C3CCCC3)CC2)C1. The minimum atomic E-state index is -0.796. The van der Waals surface area contributed by atoms with Crippen LogP contribution < -0.4 is 5.32 Å². The molecule has 0 spiro atoms. The van der Waals surface area contributed by atoms with Gasteiger partial charge in [0, 0.05) is 31.0 Å². The monoisotopic (exact) mass is 350 g/mol. The molecule has 1 unspecified atom stereocenters. The molecule has 2 N–H and O–H groups in total. The molecule has 0 aromatic rings. The molecule has 6 heteroatoms. The lowest BCUT2D eigenvalue weighted by Crippen LogP contribution is -2.47. The molecule has 3 rings (SSSR count). The summed E-state index contributed by atoms with van der Waals surface area (Å²) in [6.07, 6.45) is 9.08. The summed E-state index contributed by atoms with van der Waals surface area (Å²) in [7, 11) is 0. The number of hydrogen-bond acceptors (Lipinski definition) is 3. The van der Waals surface area contributed by atoms with Crippen molar-refractivity contribution in [2.45, 2.75) is 70.3 Å². The van der Waals surface area contributed by atoms with E-state index < -0.39 is 11.9 Å². The molecule has 0 bridgehead atoms. The van der Waals surface area contributed by atoms with Crippen molar-refractivity contribution in [1.82, 2.24) is 10.2 Å². The number of carboxylic acids is 1. The Morgan fingerprint density at radius 1 is 0.800 bits per heavy atom. The van der Waals surface area contributed by atoms with Gasteiger partial charge in [-0.2, -0.15) is 0 Å². The van der Waals surface area contributed by atoms with Gasteiger partial charge >= 0.3 is 5.97 Å². The van der Waals surface area contributed by atoms with Gasteiger partial charge in [-0.1, -0.05) is 12.8 Å². The predicted molar refractivity (Wildman–Crippen MR) is 92.8 cm³/mol. The number of carboxylic acid groups (broad SMARTS) is 1. The standard InChI is InChI=1S/C19H30N2O4/c22-17(13-4-1-2-5-13)20-16-9-7-14(8-10-16)18(23)21-11-3-6-15(12-21)19(24)25/h13-16H,1-12H2,(H,20,22)(H,24,25). The quantitative estimate of drug-likeness (QED) is 0.813. The first-order valence-electron chi connectivity index (χ1n) is 9.86. The van der Waals surface area contributed by atoms with Crippen LogP contribution in [0.5, 0.6) is 0 Å². The molecule has 0 aromatic carbocycles. The molecule has 3 fully saturated rings. The number of amides is 2. The molecule has 1 heterocycles. The minimum absolute atomic E-state index is 0.00724. The van der Waals surface area contributed by atoms with Crippen LogP contribution in [0, 0.1) is 17.8 Å². The molecule has 0 radical (unpaired) electrons. The number of hydrogen-bond donors (Lipinski definition) is 2. The first-order valence-corrected chi connectivity index (χ1v) is 9.86. The highest BCUT2D eigenvalue weighted by Crippen LogP contribution is 2.29. The Morgan fingerprint density at radius 3 is 2.08 bits per heavy atom. The van der Waals surface area contributed by atoms with Gasteiger partial charge in [-0.25, -0.2) is 0 Å². The second-order valence-electron chi connectivity index (χ2n) is 8.00. The lowest BCUT2D eigenvalue weighted by atomic mass is 9.84. The first-order chi connectivity index (χ1) is 12.0. The van der Waals surface area contributed by atoms with E-state index in [1.54, 1.807) is 4.90 Å². The predicted octanol–water partition coefficient (Wildman–Crippen LogP) is 2.17. The van der Waals surface area contributed by atoms with Crippen LogP contribution in [0.3, 0.4) is 0 Å². The van der Waals surface area contributed by atoms with Crippen LogP contribution in [-0.4, -0.2) is 46.9 Å². The molecule has 1 aliphatic heterocycles. The zero-order valence-corrected chi connectivity index (χ0v) is 14.9. The summed E-state index contributed by atoms with van der Waals surface area (Å²) in [6, 6.07) is 0.199. The van der Waals surface area contributed by atoms with Crippen LogP contribution in [0.25, 0.3) is 0 Å². The Labute approximate surface area is 149 Å². The van der Waals surface area contributed by atoms with Gasteiger partial charge in [0.05, 0.1) is 5.92 Å². The van der Waals surface area contributed by atoms with Gasteiger partial charge in [-0.3, -0.25) is 14.4 Å². The highest BCUT2D eigenvalue weighted by molar-refractivity contribution is 5.81. The van der Waals surface area contributed by atoms with Gasteiger partial charge in [-0.15, -0.1) is 0 Å². The molecule has 2 saturated carbocycles. The first kappa shape index (κ1) is 18.2. The van der Waals surface area contributed by atoms with Crippen molar-refractivity contribution in [2.75, 3.05) is 13.1 Å². The van der Waals surface area contributed by atoms with E-state index in [0.717, 1.165) is 57.8 Å². The maximum absolute atomic E-state index is 12.7. The number of carbonyl (C=O) groups is 3. The van der Waals surface area contributed by atoms with E-state index in [1.807, 2.05) is 0 Å². The maximum Gasteiger partial charge on any atom is 0.308 e. The van der Waals surface area contributed by atoms with E-state index in [-0.39, 0.29) is 29.7 Å². The summed E-state index contributed by atoms with van der Waals surface area (Å²) in [4.78, 5) is 37.9. The van der Waals surface area contributed by atoms with Crippen LogP contribution in [0.2, 0.25) is 0 Å². The third-order valence-electron chi connectivity index (χ3n) is 6.23. The van der Waals surface area contributed by atoms with Gasteiger partial charge in [0.2, 0.25) is 11.8 Å². The number of nitrogens with one attached hydrogen (secondary N) is 1. The molecular formula is C19H30N2O4. The average Bonchev–Trinajstić information content (AvgIpc) is 3.17. The summed E-state index contributed by atoms with van der Waals surface area (Å²) in [6.45, 7) is 1.04. The van der Waals surface area contributed by atoms with E-state index in [4.69, 9.17) is 0 Å². The normalized spacial score (nSPS) is 30.9. The largest absolute Gasteiger partial charge is 0.481 e. The number of likely N-dealkylation sites (tertiary alicyclic amines) is 1. The topological polar surface area (TPSA) is 86.7 Å². The zero-order chi connectivity index (χ0) is 17.8. The second kappa shape index (κ2) is 8.19. The van der Waals surface area contributed by atoms with Crippen molar-refractivity contribution in [1.29, 1.82) is 0 Å².